The molecular weight excluding hydrogens is 220 g/mol. The largest absolute Gasteiger partial charge is 0.462 e. The second-order valence-electron chi connectivity index (χ2n) is 4.54. The molecule has 0 saturated carbocycles. The van der Waals surface area contributed by atoms with Crippen LogP contribution in [0.5, 0.6) is 0 Å². The van der Waals surface area contributed by atoms with Crippen LogP contribution in [-0.2, 0) is 19.1 Å². The molecule has 0 aromatic carbocycles. The Hall–Kier alpha value is -1.16. The van der Waals surface area contributed by atoms with Crippen molar-refractivity contribution in [1.29, 1.82) is 0 Å². The lowest BCUT2D eigenvalue weighted by Crippen LogP contribution is -2.44. The van der Waals surface area contributed by atoms with Gasteiger partial charge in [-0.25, -0.2) is 0 Å². The maximum Gasteiger partial charge on any atom is 0.319 e. The molecule has 0 bridgehead atoms. The number of hydrogen-bond donors (Lipinski definition) is 0. The van der Waals surface area contributed by atoms with Crippen molar-refractivity contribution in [2.24, 2.45) is 5.92 Å². The van der Waals surface area contributed by atoms with Gasteiger partial charge >= 0.3 is 5.97 Å². The molecule has 1 aliphatic heterocycles. The number of Topliss-reactive ketones (excluding diaryl/α,β-unsaturated/α-hetero) is 1. The zero-order valence-electron chi connectivity index (χ0n) is 10.8. The van der Waals surface area contributed by atoms with E-state index in [9.17, 15) is 9.59 Å². The summed E-state index contributed by atoms with van der Waals surface area (Å²) in [6, 6.07) is 0. The van der Waals surface area contributed by atoms with Crippen molar-refractivity contribution in [2.45, 2.75) is 52.4 Å². The molecule has 0 aromatic rings. The lowest BCUT2D eigenvalue weighted by atomic mass is 9.91. The second kappa shape index (κ2) is 5.96. The highest BCUT2D eigenvalue weighted by Gasteiger charge is 2.40. The van der Waals surface area contributed by atoms with Gasteiger partial charge in [0.1, 0.15) is 5.92 Å². The topological polar surface area (TPSA) is 52.6 Å². The van der Waals surface area contributed by atoms with Crippen molar-refractivity contribution in [2.75, 3.05) is 0 Å². The SMILES string of the molecule is C/C=C/[C@@H]1CC(=O)[C@@H](C(=O)OC(C)C)[C@H](C)O1. The summed E-state index contributed by atoms with van der Waals surface area (Å²) in [5.74, 6) is -1.35. The van der Waals surface area contributed by atoms with Crippen LogP contribution in [0.3, 0.4) is 0 Å². The first kappa shape index (κ1) is 13.9. The Bertz CT molecular complexity index is 319. The molecule has 0 amide bonds. The van der Waals surface area contributed by atoms with Crippen LogP contribution in [-0.4, -0.2) is 30.1 Å². The molecule has 1 aliphatic rings. The third-order valence-corrected chi connectivity index (χ3v) is 2.62. The Kier molecular flexibility index (Phi) is 4.87. The van der Waals surface area contributed by atoms with Gasteiger partial charge in [-0.05, 0) is 27.7 Å². The lowest BCUT2D eigenvalue weighted by molar-refractivity contribution is -0.168. The molecule has 3 atom stereocenters. The molecule has 0 aliphatic carbocycles. The van der Waals surface area contributed by atoms with Crippen LogP contribution in [0.25, 0.3) is 0 Å². The van der Waals surface area contributed by atoms with Crippen molar-refractivity contribution in [3.05, 3.63) is 12.2 Å². The van der Waals surface area contributed by atoms with E-state index in [1.165, 1.54) is 0 Å². The van der Waals surface area contributed by atoms with Gasteiger partial charge in [-0.15, -0.1) is 0 Å². The molecule has 1 fully saturated rings. The van der Waals surface area contributed by atoms with Gasteiger partial charge < -0.3 is 9.47 Å². The van der Waals surface area contributed by atoms with E-state index in [-0.39, 0.29) is 24.4 Å². The summed E-state index contributed by atoms with van der Waals surface area (Å²) in [6.45, 7) is 7.14. The first-order valence-electron chi connectivity index (χ1n) is 5.97. The molecule has 0 aromatic heterocycles. The van der Waals surface area contributed by atoms with Crippen molar-refractivity contribution in [3.8, 4) is 0 Å². The number of hydrogen-bond acceptors (Lipinski definition) is 4. The van der Waals surface area contributed by atoms with Gasteiger partial charge in [0.25, 0.3) is 0 Å². The molecule has 0 radical (unpaired) electrons. The Labute approximate surface area is 102 Å². The minimum absolute atomic E-state index is 0.0995. The predicted octanol–water partition coefficient (Wildman–Crippen LogP) is 1.88. The molecular formula is C13H20O4. The highest BCUT2D eigenvalue weighted by atomic mass is 16.5. The minimum atomic E-state index is -0.779. The summed E-state index contributed by atoms with van der Waals surface area (Å²) >= 11 is 0. The number of ether oxygens (including phenoxy) is 2. The Morgan fingerprint density at radius 3 is 2.65 bits per heavy atom. The van der Waals surface area contributed by atoms with Crippen molar-refractivity contribution in [3.63, 3.8) is 0 Å². The van der Waals surface area contributed by atoms with Crippen LogP contribution < -0.4 is 0 Å². The fraction of sp³-hybridized carbons (Fsp3) is 0.692. The van der Waals surface area contributed by atoms with Crippen molar-refractivity contribution in [1.82, 2.24) is 0 Å². The van der Waals surface area contributed by atoms with Gasteiger partial charge in [0, 0.05) is 6.42 Å². The third kappa shape index (κ3) is 3.66. The fourth-order valence-corrected chi connectivity index (χ4v) is 1.95. The van der Waals surface area contributed by atoms with Crippen LogP contribution in [0, 0.1) is 5.92 Å². The van der Waals surface area contributed by atoms with Crippen molar-refractivity contribution < 1.29 is 19.1 Å². The zero-order valence-corrected chi connectivity index (χ0v) is 10.8. The lowest BCUT2D eigenvalue weighted by Gasteiger charge is -2.31. The number of carbonyl (C=O) groups is 2. The second-order valence-corrected chi connectivity index (χ2v) is 4.54. The maximum atomic E-state index is 11.9. The Morgan fingerprint density at radius 2 is 2.18 bits per heavy atom. The quantitative estimate of drug-likeness (QED) is 0.429. The molecule has 4 heteroatoms. The summed E-state index contributed by atoms with van der Waals surface area (Å²) in [5.41, 5.74) is 0. The van der Waals surface area contributed by atoms with Gasteiger partial charge in [0.2, 0.25) is 0 Å². The smallest absolute Gasteiger partial charge is 0.319 e. The normalized spacial score (nSPS) is 29.9. The van der Waals surface area contributed by atoms with Gasteiger partial charge in [-0.3, -0.25) is 9.59 Å². The number of carbonyl (C=O) groups excluding carboxylic acids is 2. The summed E-state index contributed by atoms with van der Waals surface area (Å²) in [5, 5.41) is 0. The first-order chi connectivity index (χ1) is 7.95. The van der Waals surface area contributed by atoms with E-state index in [2.05, 4.69) is 0 Å². The molecule has 0 N–H and O–H groups in total. The van der Waals surface area contributed by atoms with Crippen LogP contribution >= 0.6 is 0 Å². The van der Waals surface area contributed by atoms with Gasteiger partial charge in [-0.1, -0.05) is 12.2 Å². The maximum absolute atomic E-state index is 11.9. The predicted molar refractivity (Wildman–Crippen MR) is 63.5 cm³/mol. The summed E-state index contributed by atoms with van der Waals surface area (Å²) in [7, 11) is 0. The van der Waals surface area contributed by atoms with Gasteiger partial charge in [-0.2, -0.15) is 0 Å². The van der Waals surface area contributed by atoms with E-state index < -0.39 is 18.0 Å². The van der Waals surface area contributed by atoms with Crippen LogP contribution in [0.1, 0.15) is 34.1 Å². The average molecular weight is 240 g/mol. The van der Waals surface area contributed by atoms with Gasteiger partial charge in [0.15, 0.2) is 5.78 Å². The number of esters is 1. The van der Waals surface area contributed by atoms with Crippen LogP contribution in [0.15, 0.2) is 12.2 Å². The minimum Gasteiger partial charge on any atom is -0.462 e. The monoisotopic (exact) mass is 240 g/mol. The van der Waals surface area contributed by atoms with E-state index in [0.29, 0.717) is 0 Å². The molecule has 0 spiro atoms. The van der Waals surface area contributed by atoms with Crippen LogP contribution in [0.4, 0.5) is 0 Å². The molecule has 1 heterocycles. The third-order valence-electron chi connectivity index (χ3n) is 2.62. The van der Waals surface area contributed by atoms with E-state index >= 15 is 0 Å². The molecule has 1 saturated heterocycles. The van der Waals surface area contributed by atoms with E-state index in [0.717, 1.165) is 0 Å². The highest BCUT2D eigenvalue weighted by molar-refractivity contribution is 6.00. The summed E-state index contributed by atoms with van der Waals surface area (Å²) in [4.78, 5) is 23.7. The molecule has 4 nitrogen and oxygen atoms in total. The number of ketones is 1. The van der Waals surface area contributed by atoms with Gasteiger partial charge in [0.05, 0.1) is 18.3 Å². The number of allylic oxidation sites excluding steroid dienone is 1. The first-order valence-corrected chi connectivity index (χ1v) is 5.97. The average Bonchev–Trinajstić information content (AvgIpc) is 2.15. The zero-order chi connectivity index (χ0) is 13.0. The van der Waals surface area contributed by atoms with E-state index in [4.69, 9.17) is 9.47 Å². The molecule has 0 unspecified atom stereocenters. The van der Waals surface area contributed by atoms with E-state index in [1.807, 2.05) is 19.1 Å². The Morgan fingerprint density at radius 1 is 1.53 bits per heavy atom. The number of rotatable bonds is 3. The highest BCUT2D eigenvalue weighted by Crippen LogP contribution is 2.24. The molecule has 17 heavy (non-hydrogen) atoms. The standard InChI is InChI=1S/C13H20O4/c1-5-6-10-7-11(14)12(9(4)17-10)13(15)16-8(2)3/h5-6,8-10,12H,7H2,1-4H3/b6-5+/t9-,10+,12-/m0/s1. The van der Waals surface area contributed by atoms with E-state index in [1.54, 1.807) is 20.8 Å². The van der Waals surface area contributed by atoms with Crippen LogP contribution in [0.2, 0.25) is 0 Å². The molecule has 96 valence electrons. The fourth-order valence-electron chi connectivity index (χ4n) is 1.95. The Balaban J connectivity index is 2.69. The van der Waals surface area contributed by atoms with Crippen molar-refractivity contribution >= 4 is 11.8 Å². The summed E-state index contributed by atoms with van der Waals surface area (Å²) in [6.07, 6.45) is 3.06. The summed E-state index contributed by atoms with van der Waals surface area (Å²) < 4.78 is 10.7. The molecule has 1 rings (SSSR count).